The largest absolute Gasteiger partial charge is 0.444 e. The average molecular weight is 441 g/mol. The Morgan fingerprint density at radius 1 is 1.00 bits per heavy atom. The van der Waals surface area contributed by atoms with Crippen LogP contribution in [0.15, 0.2) is 75.8 Å². The Hall–Kier alpha value is -2.57. The minimum absolute atomic E-state index is 0.253. The molecule has 28 heavy (non-hydrogen) atoms. The number of halogens is 1. The van der Waals surface area contributed by atoms with Crippen molar-refractivity contribution in [2.45, 2.75) is 6.54 Å². The van der Waals surface area contributed by atoms with E-state index in [1.165, 1.54) is 11.3 Å². The number of rotatable bonds is 5. The summed E-state index contributed by atoms with van der Waals surface area (Å²) in [6, 6.07) is 22.0. The Bertz CT molecular complexity index is 916. The molecular formula is C22H23BrN3O2+. The molecule has 4 rings (SSSR count). The van der Waals surface area contributed by atoms with Gasteiger partial charge in [-0.3, -0.25) is 4.79 Å². The lowest BCUT2D eigenvalue weighted by atomic mass is 10.2. The van der Waals surface area contributed by atoms with Gasteiger partial charge in [-0.15, -0.1) is 0 Å². The van der Waals surface area contributed by atoms with Crippen LogP contribution < -0.4 is 15.1 Å². The number of hydrogen-bond donors (Lipinski definition) is 2. The summed E-state index contributed by atoms with van der Waals surface area (Å²) in [6.07, 6.45) is 0. The van der Waals surface area contributed by atoms with Crippen LogP contribution in [0.1, 0.15) is 16.1 Å². The van der Waals surface area contributed by atoms with Gasteiger partial charge in [-0.05, 0) is 52.3 Å². The van der Waals surface area contributed by atoms with Crippen molar-refractivity contribution in [3.63, 3.8) is 0 Å². The molecule has 3 aromatic rings. The number of carbonyl (C=O) groups is 1. The average Bonchev–Trinajstić information content (AvgIpc) is 3.17. The summed E-state index contributed by atoms with van der Waals surface area (Å²) in [4.78, 5) is 16.2. The SMILES string of the molecule is O=C(Nc1ccc(N2CC[NH+](Cc3ccccc3)CC2)cc1)c1ccc(Br)o1. The number of hydrogen-bond acceptors (Lipinski definition) is 3. The van der Waals surface area contributed by atoms with E-state index in [9.17, 15) is 4.79 Å². The van der Waals surface area contributed by atoms with Crippen LogP contribution in [0.2, 0.25) is 0 Å². The number of benzene rings is 2. The van der Waals surface area contributed by atoms with Crippen LogP contribution >= 0.6 is 15.9 Å². The number of nitrogens with one attached hydrogen (secondary N) is 2. The highest BCUT2D eigenvalue weighted by atomic mass is 79.9. The Labute approximate surface area is 173 Å². The number of carbonyl (C=O) groups excluding carboxylic acids is 1. The summed E-state index contributed by atoms with van der Waals surface area (Å²) in [5.74, 6) is 0.0324. The van der Waals surface area contributed by atoms with Gasteiger partial charge in [0.05, 0.1) is 26.2 Å². The highest BCUT2D eigenvalue weighted by molar-refractivity contribution is 9.10. The van der Waals surface area contributed by atoms with Gasteiger partial charge in [0.15, 0.2) is 10.4 Å². The quantitative estimate of drug-likeness (QED) is 0.640. The monoisotopic (exact) mass is 440 g/mol. The summed E-state index contributed by atoms with van der Waals surface area (Å²) in [7, 11) is 0. The Morgan fingerprint density at radius 2 is 1.71 bits per heavy atom. The molecule has 1 saturated heterocycles. The van der Waals surface area contributed by atoms with Gasteiger partial charge >= 0.3 is 0 Å². The molecule has 1 amide bonds. The second-order valence-corrected chi connectivity index (χ2v) is 7.79. The molecule has 0 aliphatic carbocycles. The molecule has 1 aromatic heterocycles. The van der Waals surface area contributed by atoms with Crippen molar-refractivity contribution in [1.82, 2.24) is 0 Å². The van der Waals surface area contributed by atoms with Crippen LogP contribution in [0.25, 0.3) is 0 Å². The van der Waals surface area contributed by atoms with Gasteiger partial charge in [0.25, 0.3) is 5.91 Å². The molecule has 144 valence electrons. The van der Waals surface area contributed by atoms with E-state index >= 15 is 0 Å². The third-order valence-corrected chi connectivity index (χ3v) is 5.48. The van der Waals surface area contributed by atoms with Crippen molar-refractivity contribution in [1.29, 1.82) is 0 Å². The number of amides is 1. The van der Waals surface area contributed by atoms with Crippen molar-refractivity contribution < 1.29 is 14.1 Å². The zero-order chi connectivity index (χ0) is 19.3. The number of nitrogens with zero attached hydrogens (tertiary/aromatic N) is 1. The molecule has 1 aliphatic heterocycles. The van der Waals surface area contributed by atoms with E-state index in [0.29, 0.717) is 4.67 Å². The van der Waals surface area contributed by atoms with Crippen molar-refractivity contribution in [2.24, 2.45) is 0 Å². The smallest absolute Gasteiger partial charge is 0.291 e. The molecule has 0 bridgehead atoms. The first-order valence-electron chi connectivity index (χ1n) is 9.46. The molecule has 0 unspecified atom stereocenters. The van der Waals surface area contributed by atoms with Crippen molar-refractivity contribution in [2.75, 3.05) is 36.4 Å². The molecule has 0 spiro atoms. The molecule has 5 nitrogen and oxygen atoms in total. The first kappa shape index (κ1) is 18.8. The summed E-state index contributed by atoms with van der Waals surface area (Å²) in [5, 5.41) is 2.86. The van der Waals surface area contributed by atoms with Gasteiger partial charge in [0, 0.05) is 16.9 Å². The maximum atomic E-state index is 12.2. The highest BCUT2D eigenvalue weighted by Crippen LogP contribution is 2.20. The number of piperazine rings is 1. The van der Waals surface area contributed by atoms with Crippen LogP contribution in [0.3, 0.4) is 0 Å². The molecule has 0 atom stereocenters. The Morgan fingerprint density at radius 3 is 2.36 bits per heavy atom. The number of anilines is 2. The fourth-order valence-electron chi connectivity index (χ4n) is 3.53. The standard InChI is InChI=1S/C22H22BrN3O2/c23-21-11-10-20(28-21)22(27)24-18-6-8-19(9-7-18)26-14-12-25(13-15-26)16-17-4-2-1-3-5-17/h1-11H,12-16H2,(H,24,27)/p+1. The lowest BCUT2D eigenvalue weighted by Crippen LogP contribution is -3.13. The molecule has 6 heteroatoms. The molecule has 0 saturated carbocycles. The van der Waals surface area contributed by atoms with E-state index < -0.39 is 0 Å². The predicted molar refractivity (Wildman–Crippen MR) is 114 cm³/mol. The topological polar surface area (TPSA) is 49.9 Å². The van der Waals surface area contributed by atoms with E-state index in [4.69, 9.17) is 4.42 Å². The third-order valence-electron chi connectivity index (χ3n) is 5.05. The van der Waals surface area contributed by atoms with E-state index in [1.54, 1.807) is 17.0 Å². The number of furan rings is 1. The summed E-state index contributed by atoms with van der Waals surface area (Å²) in [6.45, 7) is 5.41. The predicted octanol–water partition coefficient (Wildman–Crippen LogP) is 3.20. The number of quaternary nitrogens is 1. The summed E-state index contributed by atoms with van der Waals surface area (Å²) in [5.41, 5.74) is 3.35. The molecular weight excluding hydrogens is 418 g/mol. The second-order valence-electron chi connectivity index (χ2n) is 7.00. The molecule has 2 N–H and O–H groups in total. The van der Waals surface area contributed by atoms with Crippen molar-refractivity contribution >= 4 is 33.2 Å². The van der Waals surface area contributed by atoms with Gasteiger partial charge in [-0.2, -0.15) is 0 Å². The van der Waals surface area contributed by atoms with Crippen LogP contribution in [-0.4, -0.2) is 32.1 Å². The van der Waals surface area contributed by atoms with Crippen LogP contribution in [0.5, 0.6) is 0 Å². The molecule has 0 radical (unpaired) electrons. The lowest BCUT2D eigenvalue weighted by molar-refractivity contribution is -0.914. The first-order valence-corrected chi connectivity index (χ1v) is 10.3. The maximum absolute atomic E-state index is 12.2. The minimum atomic E-state index is -0.253. The minimum Gasteiger partial charge on any atom is -0.444 e. The molecule has 2 heterocycles. The zero-order valence-corrected chi connectivity index (χ0v) is 17.1. The third kappa shape index (κ3) is 4.64. The van der Waals surface area contributed by atoms with Crippen LogP contribution in [0, 0.1) is 0 Å². The maximum Gasteiger partial charge on any atom is 0.291 e. The Balaban J connectivity index is 1.30. The van der Waals surface area contributed by atoms with Gasteiger partial charge in [0.1, 0.15) is 6.54 Å². The zero-order valence-electron chi connectivity index (χ0n) is 15.5. The summed E-state index contributed by atoms with van der Waals surface area (Å²) >= 11 is 3.21. The second kappa shape index (κ2) is 8.63. The van der Waals surface area contributed by atoms with E-state index in [0.717, 1.165) is 38.4 Å². The highest BCUT2D eigenvalue weighted by Gasteiger charge is 2.20. The van der Waals surface area contributed by atoms with Gasteiger partial charge in [-0.25, -0.2) is 0 Å². The normalized spacial score (nSPS) is 14.8. The van der Waals surface area contributed by atoms with Crippen molar-refractivity contribution in [3.05, 3.63) is 82.7 Å². The van der Waals surface area contributed by atoms with Crippen LogP contribution in [-0.2, 0) is 6.54 Å². The lowest BCUT2D eigenvalue weighted by Gasteiger charge is -2.33. The first-order chi connectivity index (χ1) is 13.7. The Kier molecular flexibility index (Phi) is 5.78. The van der Waals surface area contributed by atoms with E-state index in [-0.39, 0.29) is 11.7 Å². The fraction of sp³-hybridized carbons (Fsp3) is 0.227. The van der Waals surface area contributed by atoms with Crippen LogP contribution in [0.4, 0.5) is 11.4 Å². The molecule has 1 fully saturated rings. The van der Waals surface area contributed by atoms with Gasteiger partial charge < -0.3 is 19.5 Å². The van der Waals surface area contributed by atoms with E-state index in [1.807, 2.05) is 12.1 Å². The summed E-state index contributed by atoms with van der Waals surface area (Å²) < 4.78 is 5.83. The van der Waals surface area contributed by atoms with Crippen molar-refractivity contribution in [3.8, 4) is 0 Å². The van der Waals surface area contributed by atoms with Gasteiger partial charge in [0.2, 0.25) is 0 Å². The molecule has 2 aromatic carbocycles. The fourth-order valence-corrected chi connectivity index (χ4v) is 3.83. The van der Waals surface area contributed by atoms with Gasteiger partial charge in [-0.1, -0.05) is 30.3 Å². The van der Waals surface area contributed by atoms with E-state index in [2.05, 4.69) is 68.6 Å². The molecule has 1 aliphatic rings.